The van der Waals surface area contributed by atoms with E-state index in [0.717, 1.165) is 10.7 Å². The number of benzene rings is 1. The number of allylic oxidation sites excluding steroid dienone is 1. The molecular weight excluding hydrogens is 536 g/mol. The molecule has 1 heterocycles. The number of amides is 1. The fourth-order valence-electron chi connectivity index (χ4n) is 3.69. The number of ether oxygens (including phenoxy) is 1. The molecule has 0 radical (unpaired) electrons. The summed E-state index contributed by atoms with van der Waals surface area (Å²) in [5, 5.41) is 15.2. The van der Waals surface area contributed by atoms with Crippen molar-refractivity contribution in [3.05, 3.63) is 63.5 Å². The second-order valence-corrected chi connectivity index (χ2v) is 11.9. The molecule has 35 heavy (non-hydrogen) atoms. The zero-order valence-corrected chi connectivity index (χ0v) is 22.1. The molecule has 1 aromatic heterocycles. The van der Waals surface area contributed by atoms with Crippen LogP contribution in [0.3, 0.4) is 0 Å². The molecule has 1 unspecified atom stereocenters. The zero-order valence-electron chi connectivity index (χ0n) is 19.7. The Kier molecular flexibility index (Phi) is 7.67. The van der Waals surface area contributed by atoms with Gasteiger partial charge in [-0.2, -0.15) is 5.26 Å². The molecule has 2 aromatic rings. The Morgan fingerprint density at radius 1 is 1.23 bits per heavy atom. The van der Waals surface area contributed by atoms with E-state index in [4.69, 9.17) is 4.74 Å². The van der Waals surface area contributed by atoms with Gasteiger partial charge in [-0.1, -0.05) is 6.07 Å². The fraction of sp³-hybridized carbons (Fsp3) is 0.333. The van der Waals surface area contributed by atoms with Crippen molar-refractivity contribution in [2.24, 2.45) is 0 Å². The first-order valence-electron chi connectivity index (χ1n) is 10.7. The van der Waals surface area contributed by atoms with Crippen molar-refractivity contribution in [2.45, 2.75) is 50.2 Å². The van der Waals surface area contributed by atoms with E-state index < -0.39 is 27.6 Å². The first-order chi connectivity index (χ1) is 16.3. The number of nitriles is 1. The lowest BCUT2D eigenvalue weighted by atomic mass is 9.95. The molecule has 3 rings (SSSR count). The lowest BCUT2D eigenvalue weighted by Crippen LogP contribution is -2.37. The molecule has 0 spiro atoms. The van der Waals surface area contributed by atoms with E-state index in [9.17, 15) is 23.3 Å². The van der Waals surface area contributed by atoms with Crippen LogP contribution in [0, 0.1) is 11.3 Å². The molecule has 1 aromatic carbocycles. The fourth-order valence-corrected chi connectivity index (χ4v) is 5.01. The number of hydrogen-bond donors (Lipinski definition) is 2. The monoisotopic (exact) mass is 560 g/mol. The summed E-state index contributed by atoms with van der Waals surface area (Å²) in [6.45, 7) is 5.08. The number of nitrogens with zero attached hydrogens (tertiary/aromatic N) is 2. The number of halogens is 1. The molecule has 11 heteroatoms. The summed E-state index contributed by atoms with van der Waals surface area (Å²) in [5.41, 5.74) is 0.825. The van der Waals surface area contributed by atoms with Gasteiger partial charge in [0.15, 0.2) is 15.6 Å². The first-order valence-corrected chi connectivity index (χ1v) is 13.3. The number of nitrogens with one attached hydrogen (secondary N) is 2. The summed E-state index contributed by atoms with van der Waals surface area (Å²) in [7, 11) is -3.82. The molecule has 9 nitrogen and oxygen atoms in total. The quantitative estimate of drug-likeness (QED) is 0.529. The van der Waals surface area contributed by atoms with Gasteiger partial charge in [0.05, 0.1) is 34.5 Å². The number of Topliss-reactive ketones (excluding diaryl/α,β-unsaturated/α-hetero) is 1. The van der Waals surface area contributed by atoms with Crippen LogP contribution in [-0.2, 0) is 19.4 Å². The predicted octanol–water partition coefficient (Wildman–Crippen LogP) is 4.41. The van der Waals surface area contributed by atoms with Gasteiger partial charge in [0, 0.05) is 34.6 Å². The molecular formula is C24H25BrN4O5S. The highest BCUT2D eigenvalue weighted by Crippen LogP contribution is 2.37. The number of anilines is 1. The highest BCUT2D eigenvalue weighted by atomic mass is 79.9. The zero-order chi connectivity index (χ0) is 26.0. The number of hydrogen-bond acceptors (Lipinski definition) is 8. The molecule has 0 saturated heterocycles. The SMILES string of the molecule is CC(C)(C)OC(=O)NC(C1=C(Nc2cncc(Br)c2)CCC1=O)c1ccc(C#N)cc1S(C)(=O)=O. The lowest BCUT2D eigenvalue weighted by Gasteiger charge is -2.26. The minimum Gasteiger partial charge on any atom is -0.444 e. The Balaban J connectivity index is 2.19. The van der Waals surface area contributed by atoms with Crippen LogP contribution in [0.15, 0.2) is 57.3 Å². The van der Waals surface area contributed by atoms with E-state index in [1.54, 1.807) is 39.2 Å². The summed E-state index contributed by atoms with van der Waals surface area (Å²) in [6, 6.07) is 6.68. The number of rotatable bonds is 6. The van der Waals surface area contributed by atoms with Crippen LogP contribution in [0.2, 0.25) is 0 Å². The predicted molar refractivity (Wildman–Crippen MR) is 133 cm³/mol. The van der Waals surface area contributed by atoms with Gasteiger partial charge in [0.1, 0.15) is 5.60 Å². The van der Waals surface area contributed by atoms with Crippen LogP contribution < -0.4 is 10.6 Å². The number of carbonyl (C=O) groups excluding carboxylic acids is 2. The number of carbonyl (C=O) groups is 2. The molecule has 2 N–H and O–H groups in total. The Morgan fingerprint density at radius 2 is 1.94 bits per heavy atom. The highest BCUT2D eigenvalue weighted by molar-refractivity contribution is 9.10. The minimum absolute atomic E-state index is 0.135. The number of sulfone groups is 1. The molecule has 1 amide bonds. The average molecular weight is 561 g/mol. The average Bonchev–Trinajstić information content (AvgIpc) is 3.09. The van der Waals surface area contributed by atoms with Crippen LogP contribution in [0.1, 0.15) is 50.8 Å². The smallest absolute Gasteiger partial charge is 0.408 e. The molecule has 0 saturated carbocycles. The van der Waals surface area contributed by atoms with Gasteiger partial charge in [-0.3, -0.25) is 9.78 Å². The van der Waals surface area contributed by atoms with Gasteiger partial charge in [0.2, 0.25) is 0 Å². The standard InChI is InChI=1S/C24H25BrN4O5S/c1-24(2,3)34-23(31)29-22(17-6-5-14(11-26)9-20(17)35(4,32)33)21-18(7-8-19(21)30)28-16-10-15(25)12-27-13-16/h5-6,9-10,12-13,22,28H,7-8H2,1-4H3,(H,29,31). The van der Waals surface area contributed by atoms with Gasteiger partial charge >= 0.3 is 6.09 Å². The maximum atomic E-state index is 13.1. The molecule has 0 aliphatic heterocycles. The van der Waals surface area contributed by atoms with E-state index in [2.05, 4.69) is 31.5 Å². The molecule has 1 aliphatic rings. The molecule has 0 bridgehead atoms. The normalized spacial score (nSPS) is 14.9. The summed E-state index contributed by atoms with van der Waals surface area (Å²) >= 11 is 3.36. The third-order valence-electron chi connectivity index (χ3n) is 5.03. The van der Waals surface area contributed by atoms with Crippen molar-refractivity contribution in [1.29, 1.82) is 5.26 Å². The minimum atomic E-state index is -3.82. The van der Waals surface area contributed by atoms with E-state index in [-0.39, 0.29) is 33.8 Å². The van der Waals surface area contributed by atoms with Crippen molar-refractivity contribution in [3.8, 4) is 6.07 Å². The van der Waals surface area contributed by atoms with Crippen molar-refractivity contribution in [2.75, 3.05) is 11.6 Å². The van der Waals surface area contributed by atoms with Gasteiger partial charge in [-0.05, 0) is 66.9 Å². The third kappa shape index (κ3) is 6.68. The van der Waals surface area contributed by atoms with Gasteiger partial charge in [-0.15, -0.1) is 0 Å². The molecule has 1 atom stereocenters. The number of ketones is 1. The van der Waals surface area contributed by atoms with E-state index in [1.165, 1.54) is 18.2 Å². The second-order valence-electron chi connectivity index (χ2n) is 9.05. The Hall–Kier alpha value is -3.23. The third-order valence-corrected chi connectivity index (χ3v) is 6.62. The van der Waals surface area contributed by atoms with Crippen molar-refractivity contribution < 1.29 is 22.7 Å². The summed E-state index contributed by atoms with van der Waals surface area (Å²) < 4.78 is 31.5. The van der Waals surface area contributed by atoms with Crippen LogP contribution in [-0.4, -0.2) is 37.1 Å². The van der Waals surface area contributed by atoms with E-state index in [0.29, 0.717) is 17.8 Å². The lowest BCUT2D eigenvalue weighted by molar-refractivity contribution is -0.115. The summed E-state index contributed by atoms with van der Waals surface area (Å²) in [4.78, 5) is 29.8. The maximum absolute atomic E-state index is 13.1. The van der Waals surface area contributed by atoms with Crippen LogP contribution in [0.4, 0.5) is 10.5 Å². The molecule has 1 aliphatic carbocycles. The van der Waals surface area contributed by atoms with Gasteiger partial charge in [-0.25, -0.2) is 13.2 Å². The molecule has 0 fully saturated rings. The van der Waals surface area contributed by atoms with Crippen LogP contribution >= 0.6 is 15.9 Å². The Bertz CT molecular complexity index is 1360. The Labute approximate surface area is 212 Å². The van der Waals surface area contributed by atoms with E-state index >= 15 is 0 Å². The first kappa shape index (κ1) is 26.4. The summed E-state index contributed by atoms with van der Waals surface area (Å²) in [5.74, 6) is -0.250. The maximum Gasteiger partial charge on any atom is 0.408 e. The Morgan fingerprint density at radius 3 is 2.54 bits per heavy atom. The second kappa shape index (κ2) is 10.2. The highest BCUT2D eigenvalue weighted by Gasteiger charge is 2.35. The number of pyridine rings is 1. The van der Waals surface area contributed by atoms with Crippen molar-refractivity contribution >= 4 is 43.3 Å². The van der Waals surface area contributed by atoms with Gasteiger partial charge in [0.25, 0.3) is 0 Å². The van der Waals surface area contributed by atoms with Crippen LogP contribution in [0.5, 0.6) is 0 Å². The summed E-state index contributed by atoms with van der Waals surface area (Å²) in [6.07, 6.45) is 3.92. The van der Waals surface area contributed by atoms with Crippen LogP contribution in [0.25, 0.3) is 0 Å². The topological polar surface area (TPSA) is 138 Å². The van der Waals surface area contributed by atoms with Crippen molar-refractivity contribution in [1.82, 2.24) is 10.3 Å². The largest absolute Gasteiger partial charge is 0.444 e. The van der Waals surface area contributed by atoms with E-state index in [1.807, 2.05) is 6.07 Å². The number of aromatic nitrogens is 1. The van der Waals surface area contributed by atoms with Crippen molar-refractivity contribution in [3.63, 3.8) is 0 Å². The molecule has 184 valence electrons. The van der Waals surface area contributed by atoms with Gasteiger partial charge < -0.3 is 15.4 Å². The number of alkyl carbamates (subject to hydrolysis) is 1.